The molecule has 0 fully saturated rings. The van der Waals surface area contributed by atoms with Gasteiger partial charge >= 0.3 is 0 Å². The number of anilines is 1. The summed E-state index contributed by atoms with van der Waals surface area (Å²) in [6, 6.07) is 16.5. The van der Waals surface area contributed by atoms with Crippen molar-refractivity contribution in [3.05, 3.63) is 83.3 Å². The molecule has 33 heavy (non-hydrogen) atoms. The highest BCUT2D eigenvalue weighted by Gasteiger charge is 2.42. The van der Waals surface area contributed by atoms with E-state index in [4.69, 9.17) is 4.98 Å². The highest BCUT2D eigenvalue weighted by atomic mass is 16.2. The molecule has 0 saturated carbocycles. The molecule has 2 aromatic carbocycles. The molecule has 0 radical (unpaired) electrons. The number of aromatic nitrogens is 2. The van der Waals surface area contributed by atoms with Gasteiger partial charge in [-0.2, -0.15) is 0 Å². The summed E-state index contributed by atoms with van der Waals surface area (Å²) in [4.78, 5) is 32.0. The van der Waals surface area contributed by atoms with Crippen LogP contribution < -0.4 is 5.32 Å². The van der Waals surface area contributed by atoms with Crippen molar-refractivity contribution in [2.24, 2.45) is 0 Å². The lowest BCUT2D eigenvalue weighted by Crippen LogP contribution is -2.33. The molecule has 1 N–H and O–H groups in total. The summed E-state index contributed by atoms with van der Waals surface area (Å²) in [5.41, 5.74) is 6.40. The second-order valence-corrected chi connectivity index (χ2v) is 9.07. The third kappa shape index (κ3) is 2.76. The van der Waals surface area contributed by atoms with Crippen LogP contribution in [0.25, 0.3) is 21.8 Å². The van der Waals surface area contributed by atoms with Gasteiger partial charge in [-0.15, -0.1) is 0 Å². The van der Waals surface area contributed by atoms with Crippen molar-refractivity contribution in [1.82, 2.24) is 14.5 Å². The highest BCUT2D eigenvalue weighted by molar-refractivity contribution is 6.11. The van der Waals surface area contributed by atoms with E-state index in [1.165, 1.54) is 11.8 Å². The Morgan fingerprint density at radius 1 is 1.09 bits per heavy atom. The number of imide groups is 1. The van der Waals surface area contributed by atoms with Gasteiger partial charge in [0.1, 0.15) is 0 Å². The first kappa shape index (κ1) is 19.7. The fraction of sp³-hybridized carbons (Fsp3) is 0.222. The Morgan fingerprint density at radius 3 is 2.67 bits per heavy atom. The minimum atomic E-state index is -0.339. The Balaban J connectivity index is 1.72. The number of fused-ring (bicyclic) bond motifs is 1. The van der Waals surface area contributed by atoms with Gasteiger partial charge in [0.25, 0.3) is 5.91 Å². The first-order valence-electron chi connectivity index (χ1n) is 11.2. The molecule has 0 aliphatic carbocycles. The number of benzene rings is 2. The average molecular weight is 437 g/mol. The van der Waals surface area contributed by atoms with Crippen molar-refractivity contribution in [2.45, 2.75) is 32.7 Å². The Bertz CT molecular complexity index is 1510. The van der Waals surface area contributed by atoms with Gasteiger partial charge in [0.05, 0.1) is 23.2 Å². The van der Waals surface area contributed by atoms with E-state index in [0.717, 1.165) is 44.3 Å². The zero-order chi connectivity index (χ0) is 22.9. The molecule has 2 amide bonds. The first-order valence-corrected chi connectivity index (χ1v) is 11.2. The number of nitrogens with one attached hydrogen (secondary N) is 1. The van der Waals surface area contributed by atoms with Gasteiger partial charge < -0.3 is 9.88 Å². The van der Waals surface area contributed by atoms with E-state index in [0.29, 0.717) is 5.57 Å². The van der Waals surface area contributed by atoms with Gasteiger partial charge in [-0.05, 0) is 43.2 Å². The lowest BCUT2D eigenvalue weighted by Gasteiger charge is -2.20. The number of amides is 2. The van der Waals surface area contributed by atoms with Crippen molar-refractivity contribution >= 4 is 39.3 Å². The average Bonchev–Trinajstić information content (AvgIpc) is 3.30. The van der Waals surface area contributed by atoms with Gasteiger partial charge in [-0.3, -0.25) is 19.5 Å². The lowest BCUT2D eigenvalue weighted by atomic mass is 9.83. The molecule has 2 aliphatic rings. The molecule has 1 atom stereocenters. The first-order chi connectivity index (χ1) is 16.0. The van der Waals surface area contributed by atoms with Crippen molar-refractivity contribution in [2.75, 3.05) is 11.9 Å². The predicted molar refractivity (Wildman–Crippen MR) is 129 cm³/mol. The predicted octanol–water partition coefficient (Wildman–Crippen LogP) is 4.97. The molecule has 0 saturated heterocycles. The third-order valence-corrected chi connectivity index (χ3v) is 6.80. The summed E-state index contributed by atoms with van der Waals surface area (Å²) in [6.45, 7) is 6.02. The number of pyridine rings is 1. The van der Waals surface area contributed by atoms with Crippen LogP contribution in [-0.4, -0.2) is 32.8 Å². The van der Waals surface area contributed by atoms with E-state index in [1.54, 1.807) is 6.20 Å². The molecule has 2 aliphatic heterocycles. The standard InChI is InChI=1S/C27H24N4O2/c1-15(2)30-13-19-23(18-9-4-7-17-8-6-12-28-26(17)18)25-21(14-31(16(3)32)27(25)33)29-20-10-5-11-22(30)24(19)20/h4-13,15,23,29H,14H2,1-3H3/t23-/m0/s1. The van der Waals surface area contributed by atoms with E-state index in [9.17, 15) is 9.59 Å². The van der Waals surface area contributed by atoms with Gasteiger partial charge in [0, 0.05) is 53.4 Å². The molecule has 4 aromatic rings. The van der Waals surface area contributed by atoms with E-state index >= 15 is 0 Å². The van der Waals surface area contributed by atoms with E-state index in [-0.39, 0.29) is 30.3 Å². The van der Waals surface area contributed by atoms with Crippen LogP contribution in [-0.2, 0) is 9.59 Å². The maximum atomic E-state index is 13.6. The van der Waals surface area contributed by atoms with Crippen LogP contribution in [0.4, 0.5) is 5.69 Å². The number of hydrogen-bond acceptors (Lipinski definition) is 4. The minimum absolute atomic E-state index is 0.235. The van der Waals surface area contributed by atoms with Crippen molar-refractivity contribution in [3.8, 4) is 0 Å². The second-order valence-electron chi connectivity index (χ2n) is 9.07. The number of rotatable bonds is 2. The van der Waals surface area contributed by atoms with Crippen molar-refractivity contribution in [1.29, 1.82) is 0 Å². The number of nitrogens with zero attached hydrogens (tertiary/aromatic N) is 3. The molecule has 0 spiro atoms. The number of carbonyl (C=O) groups is 2. The number of para-hydroxylation sites is 1. The summed E-state index contributed by atoms with van der Waals surface area (Å²) in [5, 5.41) is 5.67. The SMILES string of the molecule is CC(=O)N1CC2=C(C1=O)[C@@H](c1cccc3cccnc13)c1cn(C(C)C)c3cccc(c13)N2. The summed E-state index contributed by atoms with van der Waals surface area (Å²) >= 11 is 0. The number of hydrogen-bond donors (Lipinski definition) is 1. The molecular formula is C27H24N4O2. The molecule has 6 rings (SSSR count). The van der Waals surface area contributed by atoms with Gasteiger partial charge in [0.2, 0.25) is 5.91 Å². The Hall–Kier alpha value is -3.93. The topological polar surface area (TPSA) is 67.2 Å². The smallest absolute Gasteiger partial charge is 0.259 e. The molecule has 6 heteroatoms. The van der Waals surface area contributed by atoms with Crippen LogP contribution in [0, 0.1) is 0 Å². The Kier molecular flexibility index (Phi) is 4.21. The Morgan fingerprint density at radius 2 is 1.88 bits per heavy atom. The van der Waals surface area contributed by atoms with E-state index in [2.05, 4.69) is 42.1 Å². The fourth-order valence-corrected chi connectivity index (χ4v) is 5.34. The van der Waals surface area contributed by atoms with Crippen LogP contribution in [0.3, 0.4) is 0 Å². The molecule has 4 heterocycles. The third-order valence-electron chi connectivity index (χ3n) is 6.80. The monoisotopic (exact) mass is 436 g/mol. The number of carbonyl (C=O) groups excluding carboxylic acids is 2. The van der Waals surface area contributed by atoms with Crippen LogP contribution >= 0.6 is 0 Å². The normalized spacial score (nSPS) is 17.6. The molecule has 0 unspecified atom stereocenters. The summed E-state index contributed by atoms with van der Waals surface area (Å²) in [5.74, 6) is -0.821. The largest absolute Gasteiger partial charge is 0.356 e. The van der Waals surface area contributed by atoms with E-state index < -0.39 is 0 Å². The summed E-state index contributed by atoms with van der Waals surface area (Å²) in [7, 11) is 0. The van der Waals surface area contributed by atoms with Crippen molar-refractivity contribution in [3.63, 3.8) is 0 Å². The zero-order valence-electron chi connectivity index (χ0n) is 18.8. The van der Waals surface area contributed by atoms with Crippen LogP contribution in [0.5, 0.6) is 0 Å². The Labute approximate surface area is 191 Å². The highest BCUT2D eigenvalue weighted by Crippen LogP contribution is 2.48. The van der Waals surface area contributed by atoms with Crippen LogP contribution in [0.1, 0.15) is 43.9 Å². The minimum Gasteiger partial charge on any atom is -0.356 e. The molecule has 0 bridgehead atoms. The summed E-state index contributed by atoms with van der Waals surface area (Å²) < 4.78 is 2.26. The van der Waals surface area contributed by atoms with Crippen LogP contribution in [0.2, 0.25) is 0 Å². The lowest BCUT2D eigenvalue weighted by molar-refractivity contribution is -0.139. The fourth-order valence-electron chi connectivity index (χ4n) is 5.34. The molecular weight excluding hydrogens is 412 g/mol. The quantitative estimate of drug-likeness (QED) is 0.482. The van der Waals surface area contributed by atoms with Gasteiger partial charge in [0.15, 0.2) is 0 Å². The van der Waals surface area contributed by atoms with Gasteiger partial charge in [-0.25, -0.2) is 0 Å². The maximum Gasteiger partial charge on any atom is 0.259 e. The van der Waals surface area contributed by atoms with E-state index in [1.807, 2.05) is 36.4 Å². The van der Waals surface area contributed by atoms with Crippen molar-refractivity contribution < 1.29 is 9.59 Å². The maximum absolute atomic E-state index is 13.6. The molecule has 6 nitrogen and oxygen atoms in total. The van der Waals surface area contributed by atoms with Gasteiger partial charge in [-0.1, -0.05) is 30.3 Å². The summed E-state index contributed by atoms with van der Waals surface area (Å²) in [6.07, 6.45) is 3.96. The molecule has 164 valence electrons. The van der Waals surface area contributed by atoms with Crippen LogP contribution in [0.15, 0.2) is 72.2 Å². The molecule has 2 aromatic heterocycles. The second kappa shape index (κ2) is 7.04. The zero-order valence-corrected chi connectivity index (χ0v) is 18.8.